The van der Waals surface area contributed by atoms with Gasteiger partial charge in [0.15, 0.2) is 0 Å². The molecule has 2 rings (SSSR count). The van der Waals surface area contributed by atoms with Gasteiger partial charge in [-0.1, -0.05) is 0 Å². The van der Waals surface area contributed by atoms with Crippen molar-refractivity contribution in [1.29, 1.82) is 0 Å². The minimum atomic E-state index is 0.253. The van der Waals surface area contributed by atoms with E-state index in [1.54, 1.807) is 14.2 Å². The fourth-order valence-corrected chi connectivity index (χ4v) is 2.26. The van der Waals surface area contributed by atoms with Crippen molar-refractivity contribution in [2.24, 2.45) is 5.92 Å². The van der Waals surface area contributed by atoms with Crippen molar-refractivity contribution in [3.63, 3.8) is 0 Å². The molecule has 0 aromatic carbocycles. The van der Waals surface area contributed by atoms with Crippen molar-refractivity contribution in [2.75, 3.05) is 44.5 Å². The molecule has 6 nitrogen and oxygen atoms in total. The summed E-state index contributed by atoms with van der Waals surface area (Å²) in [4.78, 5) is 10.5. The Labute approximate surface area is 107 Å². The van der Waals surface area contributed by atoms with Gasteiger partial charge in [0.05, 0.1) is 7.11 Å². The van der Waals surface area contributed by atoms with Gasteiger partial charge in [-0.2, -0.15) is 9.97 Å². The summed E-state index contributed by atoms with van der Waals surface area (Å²) >= 11 is 0. The van der Waals surface area contributed by atoms with E-state index in [9.17, 15) is 0 Å². The highest BCUT2D eigenvalue weighted by Gasteiger charge is 2.20. The van der Waals surface area contributed by atoms with Crippen LogP contribution in [0, 0.1) is 5.92 Å². The van der Waals surface area contributed by atoms with Crippen LogP contribution >= 0.6 is 0 Å². The second-order valence-corrected chi connectivity index (χ2v) is 4.51. The van der Waals surface area contributed by atoms with E-state index < -0.39 is 0 Å². The number of rotatable bonds is 4. The molecule has 18 heavy (non-hydrogen) atoms. The summed E-state index contributed by atoms with van der Waals surface area (Å²) in [6, 6.07) is 1.83. The van der Waals surface area contributed by atoms with Crippen LogP contribution < -0.4 is 15.4 Å². The number of hydrogen-bond acceptors (Lipinski definition) is 6. The Hall–Kier alpha value is -1.56. The van der Waals surface area contributed by atoms with E-state index in [4.69, 9.17) is 15.2 Å². The monoisotopic (exact) mass is 252 g/mol. The van der Waals surface area contributed by atoms with Gasteiger partial charge in [0.25, 0.3) is 0 Å². The zero-order valence-electron chi connectivity index (χ0n) is 10.9. The lowest BCUT2D eigenvalue weighted by Gasteiger charge is -2.32. The predicted molar refractivity (Wildman–Crippen MR) is 69.8 cm³/mol. The molecule has 0 atom stereocenters. The molecule has 1 saturated heterocycles. The van der Waals surface area contributed by atoms with Gasteiger partial charge in [0.2, 0.25) is 11.8 Å². The normalized spacial score (nSPS) is 16.9. The van der Waals surface area contributed by atoms with Crippen LogP contribution in [-0.4, -0.2) is 43.9 Å². The van der Waals surface area contributed by atoms with Crippen LogP contribution in [0.5, 0.6) is 5.88 Å². The number of nitrogens with zero attached hydrogens (tertiary/aromatic N) is 3. The van der Waals surface area contributed by atoms with E-state index in [1.165, 1.54) is 0 Å². The van der Waals surface area contributed by atoms with Crippen LogP contribution in [0.4, 0.5) is 11.8 Å². The largest absolute Gasteiger partial charge is 0.481 e. The maximum absolute atomic E-state index is 5.67. The molecule has 6 heteroatoms. The van der Waals surface area contributed by atoms with Gasteiger partial charge in [-0.25, -0.2) is 0 Å². The molecule has 1 aliphatic heterocycles. The Morgan fingerprint density at radius 3 is 2.67 bits per heavy atom. The topological polar surface area (TPSA) is 73.5 Å². The van der Waals surface area contributed by atoms with E-state index >= 15 is 0 Å². The molecule has 1 fully saturated rings. The van der Waals surface area contributed by atoms with Gasteiger partial charge in [-0.05, 0) is 18.8 Å². The van der Waals surface area contributed by atoms with Gasteiger partial charge in [-0.15, -0.1) is 0 Å². The van der Waals surface area contributed by atoms with Crippen LogP contribution in [0.3, 0.4) is 0 Å². The first-order valence-electron chi connectivity index (χ1n) is 6.15. The second-order valence-electron chi connectivity index (χ2n) is 4.51. The standard InChI is InChI=1S/C12H20N4O2/c1-17-8-9-3-5-16(6-4-9)10-7-11(18-2)15-12(13)14-10/h7,9H,3-6,8H2,1-2H3,(H2,13,14,15). The maximum Gasteiger partial charge on any atom is 0.225 e. The molecule has 0 aliphatic carbocycles. The molecule has 1 aromatic heterocycles. The number of hydrogen-bond donors (Lipinski definition) is 1. The minimum absolute atomic E-state index is 0.253. The number of aromatic nitrogens is 2. The van der Waals surface area contributed by atoms with Crippen molar-refractivity contribution in [1.82, 2.24) is 9.97 Å². The van der Waals surface area contributed by atoms with E-state index in [0.29, 0.717) is 11.8 Å². The lowest BCUT2D eigenvalue weighted by molar-refractivity contribution is 0.139. The number of methoxy groups -OCH3 is 2. The average molecular weight is 252 g/mol. The summed E-state index contributed by atoms with van der Waals surface area (Å²) in [6.07, 6.45) is 2.22. The van der Waals surface area contributed by atoms with Crippen molar-refractivity contribution < 1.29 is 9.47 Å². The third-order valence-corrected chi connectivity index (χ3v) is 3.26. The Kier molecular flexibility index (Phi) is 4.19. The zero-order valence-corrected chi connectivity index (χ0v) is 10.9. The maximum atomic E-state index is 5.67. The minimum Gasteiger partial charge on any atom is -0.481 e. The van der Waals surface area contributed by atoms with Crippen LogP contribution in [0.25, 0.3) is 0 Å². The third-order valence-electron chi connectivity index (χ3n) is 3.26. The number of anilines is 2. The summed E-state index contributed by atoms with van der Waals surface area (Å²) in [5, 5.41) is 0. The molecule has 2 N–H and O–H groups in total. The Morgan fingerprint density at radius 1 is 1.33 bits per heavy atom. The van der Waals surface area contributed by atoms with Gasteiger partial charge in [-0.3, -0.25) is 0 Å². The molecular formula is C12H20N4O2. The van der Waals surface area contributed by atoms with Crippen LogP contribution in [-0.2, 0) is 4.74 Å². The number of nitrogens with two attached hydrogens (primary N) is 1. The van der Waals surface area contributed by atoms with Crippen molar-refractivity contribution >= 4 is 11.8 Å². The van der Waals surface area contributed by atoms with E-state index in [-0.39, 0.29) is 5.95 Å². The molecule has 1 aliphatic rings. The Bertz CT molecular complexity index is 392. The first-order valence-corrected chi connectivity index (χ1v) is 6.15. The average Bonchev–Trinajstić information content (AvgIpc) is 2.39. The van der Waals surface area contributed by atoms with Gasteiger partial charge < -0.3 is 20.1 Å². The molecule has 0 amide bonds. The second kappa shape index (κ2) is 5.86. The highest BCUT2D eigenvalue weighted by atomic mass is 16.5. The lowest BCUT2D eigenvalue weighted by atomic mass is 9.98. The molecular weight excluding hydrogens is 232 g/mol. The Balaban J connectivity index is 2.02. The smallest absolute Gasteiger partial charge is 0.225 e. The molecule has 100 valence electrons. The molecule has 0 radical (unpaired) electrons. The molecule has 0 saturated carbocycles. The Morgan fingerprint density at radius 2 is 2.06 bits per heavy atom. The zero-order chi connectivity index (χ0) is 13.0. The summed E-state index contributed by atoms with van der Waals surface area (Å²) in [5.41, 5.74) is 5.67. The van der Waals surface area contributed by atoms with Crippen molar-refractivity contribution in [3.8, 4) is 5.88 Å². The molecule has 0 unspecified atom stereocenters. The molecule has 0 bridgehead atoms. The van der Waals surface area contributed by atoms with Crippen LogP contribution in [0.1, 0.15) is 12.8 Å². The molecule has 2 heterocycles. The van der Waals surface area contributed by atoms with Crippen molar-refractivity contribution in [3.05, 3.63) is 6.07 Å². The van der Waals surface area contributed by atoms with Gasteiger partial charge >= 0.3 is 0 Å². The predicted octanol–water partition coefficient (Wildman–Crippen LogP) is 0.930. The third kappa shape index (κ3) is 3.01. The summed E-state index contributed by atoms with van der Waals surface area (Å²) in [6.45, 7) is 2.77. The fourth-order valence-electron chi connectivity index (χ4n) is 2.26. The van der Waals surface area contributed by atoms with Crippen LogP contribution in [0.2, 0.25) is 0 Å². The summed E-state index contributed by atoms with van der Waals surface area (Å²) in [5.74, 6) is 2.25. The van der Waals surface area contributed by atoms with Crippen molar-refractivity contribution in [2.45, 2.75) is 12.8 Å². The SMILES string of the molecule is COCC1CCN(c2cc(OC)nc(N)n2)CC1. The molecule has 1 aromatic rings. The van der Waals surface area contributed by atoms with E-state index in [1.807, 2.05) is 6.07 Å². The van der Waals surface area contributed by atoms with Crippen LogP contribution in [0.15, 0.2) is 6.07 Å². The van der Waals surface area contributed by atoms with Gasteiger partial charge in [0.1, 0.15) is 5.82 Å². The quantitative estimate of drug-likeness (QED) is 0.859. The summed E-state index contributed by atoms with van der Waals surface area (Å²) < 4.78 is 10.3. The highest BCUT2D eigenvalue weighted by Crippen LogP contribution is 2.24. The lowest BCUT2D eigenvalue weighted by Crippen LogP contribution is -2.35. The first-order chi connectivity index (χ1) is 8.72. The fraction of sp³-hybridized carbons (Fsp3) is 0.667. The van der Waals surface area contributed by atoms with Gasteiger partial charge in [0, 0.05) is 32.9 Å². The first kappa shape index (κ1) is 12.9. The summed E-state index contributed by atoms with van der Waals surface area (Å²) in [7, 11) is 3.33. The van der Waals surface area contributed by atoms with E-state index in [2.05, 4.69) is 14.9 Å². The molecule has 0 spiro atoms. The number of nitrogen functional groups attached to an aromatic ring is 1. The number of piperidine rings is 1. The van der Waals surface area contributed by atoms with E-state index in [0.717, 1.165) is 38.4 Å². The highest BCUT2D eigenvalue weighted by molar-refractivity contribution is 5.45. The number of ether oxygens (including phenoxy) is 2.